The molecule has 1 saturated heterocycles. The lowest BCUT2D eigenvalue weighted by Crippen LogP contribution is -2.26. The minimum atomic E-state index is 0.148. The molecule has 0 bridgehead atoms. The summed E-state index contributed by atoms with van der Waals surface area (Å²) < 4.78 is 0. The van der Waals surface area contributed by atoms with Gasteiger partial charge in [0.05, 0.1) is 10.7 Å². The highest BCUT2D eigenvalue weighted by Gasteiger charge is 2.30. The standard InChI is InChI=1S/C16H27N3S/c1-12(17)16-15(13-6-7-13)18-14(20-16)8-11-19-9-4-2-3-5-10-19/h12-13H,2-11,17H2,1H3. The summed E-state index contributed by atoms with van der Waals surface area (Å²) in [6.07, 6.45) is 9.30. The molecule has 1 atom stereocenters. The van der Waals surface area contributed by atoms with Crippen LogP contribution < -0.4 is 5.73 Å². The zero-order valence-corrected chi connectivity index (χ0v) is 13.4. The Morgan fingerprint density at radius 3 is 2.55 bits per heavy atom. The molecular formula is C16H27N3S. The van der Waals surface area contributed by atoms with E-state index < -0.39 is 0 Å². The molecule has 1 aliphatic carbocycles. The third-order valence-corrected chi connectivity index (χ3v) is 5.78. The maximum absolute atomic E-state index is 6.11. The molecule has 0 aromatic carbocycles. The topological polar surface area (TPSA) is 42.1 Å². The zero-order chi connectivity index (χ0) is 13.9. The summed E-state index contributed by atoms with van der Waals surface area (Å²) in [5.74, 6) is 0.721. The Balaban J connectivity index is 1.60. The van der Waals surface area contributed by atoms with Crippen molar-refractivity contribution in [1.82, 2.24) is 9.88 Å². The van der Waals surface area contributed by atoms with E-state index in [1.807, 2.05) is 11.3 Å². The highest BCUT2D eigenvalue weighted by atomic mass is 32.1. The number of nitrogens with zero attached hydrogens (tertiary/aromatic N) is 2. The number of thiazole rings is 1. The van der Waals surface area contributed by atoms with Crippen LogP contribution in [0.4, 0.5) is 0 Å². The Labute approximate surface area is 126 Å². The van der Waals surface area contributed by atoms with Crippen molar-refractivity contribution in [2.75, 3.05) is 19.6 Å². The molecule has 112 valence electrons. The Bertz CT molecular complexity index is 409. The number of nitrogens with two attached hydrogens (primary N) is 1. The molecule has 1 unspecified atom stereocenters. The maximum Gasteiger partial charge on any atom is 0.0944 e. The number of hydrogen-bond donors (Lipinski definition) is 1. The van der Waals surface area contributed by atoms with Gasteiger partial charge in [-0.05, 0) is 45.7 Å². The van der Waals surface area contributed by atoms with Crippen LogP contribution >= 0.6 is 11.3 Å². The third-order valence-electron chi connectivity index (χ3n) is 4.44. The van der Waals surface area contributed by atoms with Crippen LogP contribution in [0.25, 0.3) is 0 Å². The molecule has 1 saturated carbocycles. The monoisotopic (exact) mass is 293 g/mol. The van der Waals surface area contributed by atoms with Crippen molar-refractivity contribution in [1.29, 1.82) is 0 Å². The average Bonchev–Trinajstić information content (AvgIpc) is 3.22. The predicted octanol–water partition coefficient (Wildman–Crippen LogP) is 3.46. The van der Waals surface area contributed by atoms with Crippen LogP contribution in [0.1, 0.15) is 73.0 Å². The largest absolute Gasteiger partial charge is 0.323 e. The molecule has 4 heteroatoms. The molecule has 2 heterocycles. The quantitative estimate of drug-likeness (QED) is 0.904. The highest BCUT2D eigenvalue weighted by Crippen LogP contribution is 2.44. The fourth-order valence-electron chi connectivity index (χ4n) is 3.09. The minimum Gasteiger partial charge on any atom is -0.323 e. The smallest absolute Gasteiger partial charge is 0.0944 e. The van der Waals surface area contributed by atoms with Gasteiger partial charge in [-0.25, -0.2) is 4.98 Å². The lowest BCUT2D eigenvalue weighted by Gasteiger charge is -2.18. The van der Waals surface area contributed by atoms with Gasteiger partial charge < -0.3 is 10.6 Å². The van der Waals surface area contributed by atoms with Crippen molar-refractivity contribution >= 4 is 11.3 Å². The number of hydrogen-bond acceptors (Lipinski definition) is 4. The van der Waals surface area contributed by atoms with E-state index in [2.05, 4.69) is 11.8 Å². The molecule has 20 heavy (non-hydrogen) atoms. The van der Waals surface area contributed by atoms with Gasteiger partial charge in [0.2, 0.25) is 0 Å². The Kier molecular flexibility index (Phi) is 4.74. The van der Waals surface area contributed by atoms with Gasteiger partial charge in [-0.15, -0.1) is 11.3 Å². The van der Waals surface area contributed by atoms with E-state index in [-0.39, 0.29) is 6.04 Å². The molecular weight excluding hydrogens is 266 g/mol. The highest BCUT2D eigenvalue weighted by molar-refractivity contribution is 7.11. The summed E-state index contributed by atoms with van der Waals surface area (Å²) in [7, 11) is 0. The SMILES string of the molecule is CC(N)c1sc(CCN2CCCCCC2)nc1C1CC1. The van der Waals surface area contributed by atoms with Crippen molar-refractivity contribution in [3.8, 4) is 0 Å². The lowest BCUT2D eigenvalue weighted by atomic mass is 10.2. The van der Waals surface area contributed by atoms with E-state index in [0.717, 1.165) is 12.3 Å². The Hall–Kier alpha value is -0.450. The van der Waals surface area contributed by atoms with E-state index >= 15 is 0 Å². The molecule has 0 spiro atoms. The van der Waals surface area contributed by atoms with Gasteiger partial charge in [-0.2, -0.15) is 0 Å². The number of aromatic nitrogens is 1. The van der Waals surface area contributed by atoms with Crippen LogP contribution in [-0.4, -0.2) is 29.5 Å². The summed E-state index contributed by atoms with van der Waals surface area (Å²) >= 11 is 1.87. The van der Waals surface area contributed by atoms with Gasteiger partial charge in [0, 0.05) is 29.8 Å². The summed E-state index contributed by atoms with van der Waals surface area (Å²) in [5.41, 5.74) is 7.44. The molecule has 1 aromatic rings. The van der Waals surface area contributed by atoms with Crippen LogP contribution in [0.15, 0.2) is 0 Å². The molecule has 0 radical (unpaired) electrons. The summed E-state index contributed by atoms with van der Waals surface area (Å²) in [6, 6.07) is 0.148. The summed E-state index contributed by atoms with van der Waals surface area (Å²) in [6.45, 7) is 5.83. The van der Waals surface area contributed by atoms with Gasteiger partial charge in [0.15, 0.2) is 0 Å². The molecule has 1 aromatic heterocycles. The maximum atomic E-state index is 6.11. The van der Waals surface area contributed by atoms with Crippen molar-refractivity contribution in [2.24, 2.45) is 5.73 Å². The van der Waals surface area contributed by atoms with E-state index in [9.17, 15) is 0 Å². The van der Waals surface area contributed by atoms with E-state index in [1.165, 1.54) is 73.7 Å². The predicted molar refractivity (Wildman–Crippen MR) is 85.3 cm³/mol. The van der Waals surface area contributed by atoms with Crippen LogP contribution in [0.2, 0.25) is 0 Å². The fraction of sp³-hybridized carbons (Fsp3) is 0.812. The van der Waals surface area contributed by atoms with E-state index in [1.54, 1.807) is 0 Å². The second kappa shape index (κ2) is 6.54. The normalized spacial score (nSPS) is 22.7. The average molecular weight is 293 g/mol. The van der Waals surface area contributed by atoms with Gasteiger partial charge in [-0.3, -0.25) is 0 Å². The van der Waals surface area contributed by atoms with E-state index in [0.29, 0.717) is 0 Å². The first kappa shape index (κ1) is 14.5. The van der Waals surface area contributed by atoms with Crippen molar-refractivity contribution in [3.63, 3.8) is 0 Å². The Morgan fingerprint density at radius 1 is 1.25 bits per heavy atom. The second-order valence-corrected chi connectivity index (χ2v) is 7.54. The van der Waals surface area contributed by atoms with Crippen molar-refractivity contribution < 1.29 is 0 Å². The van der Waals surface area contributed by atoms with Crippen LogP contribution in [0.5, 0.6) is 0 Å². The minimum absolute atomic E-state index is 0.148. The van der Waals surface area contributed by atoms with Gasteiger partial charge in [0.25, 0.3) is 0 Å². The molecule has 1 aliphatic heterocycles. The molecule has 2 N–H and O–H groups in total. The van der Waals surface area contributed by atoms with Crippen LogP contribution in [-0.2, 0) is 6.42 Å². The van der Waals surface area contributed by atoms with Crippen LogP contribution in [0, 0.1) is 0 Å². The fourth-order valence-corrected chi connectivity index (χ4v) is 4.18. The molecule has 0 amide bonds. The van der Waals surface area contributed by atoms with Gasteiger partial charge >= 0.3 is 0 Å². The first-order valence-electron chi connectivity index (χ1n) is 8.21. The van der Waals surface area contributed by atoms with E-state index in [4.69, 9.17) is 10.7 Å². The number of likely N-dealkylation sites (tertiary alicyclic amines) is 1. The first-order chi connectivity index (χ1) is 9.74. The molecule has 2 aliphatic rings. The molecule has 2 fully saturated rings. The zero-order valence-electron chi connectivity index (χ0n) is 12.6. The number of rotatable bonds is 5. The Morgan fingerprint density at radius 2 is 1.95 bits per heavy atom. The van der Waals surface area contributed by atoms with Gasteiger partial charge in [-0.1, -0.05) is 12.8 Å². The summed E-state index contributed by atoms with van der Waals surface area (Å²) in [5, 5.41) is 1.31. The summed E-state index contributed by atoms with van der Waals surface area (Å²) in [4.78, 5) is 8.88. The lowest BCUT2D eigenvalue weighted by molar-refractivity contribution is 0.288. The van der Waals surface area contributed by atoms with Crippen molar-refractivity contribution in [2.45, 2.75) is 63.8 Å². The van der Waals surface area contributed by atoms with Crippen LogP contribution in [0.3, 0.4) is 0 Å². The van der Waals surface area contributed by atoms with Gasteiger partial charge in [0.1, 0.15) is 0 Å². The molecule has 3 rings (SSSR count). The van der Waals surface area contributed by atoms with Crippen molar-refractivity contribution in [3.05, 3.63) is 15.6 Å². The third kappa shape index (κ3) is 3.60. The first-order valence-corrected chi connectivity index (χ1v) is 9.03. The second-order valence-electron chi connectivity index (χ2n) is 6.43. The molecule has 3 nitrogen and oxygen atoms in total.